The van der Waals surface area contributed by atoms with Crippen LogP contribution in [0.25, 0.3) is 16.5 Å². The van der Waals surface area contributed by atoms with Crippen LogP contribution < -0.4 is 11.1 Å². The zero-order chi connectivity index (χ0) is 22.0. The van der Waals surface area contributed by atoms with Gasteiger partial charge in [-0.2, -0.15) is 5.10 Å². The molecule has 1 aliphatic heterocycles. The van der Waals surface area contributed by atoms with Gasteiger partial charge in [0.15, 0.2) is 6.21 Å². The number of hydrogen-bond acceptors (Lipinski definition) is 3. The van der Waals surface area contributed by atoms with E-state index in [1.165, 1.54) is 44.5 Å². The Morgan fingerprint density at radius 3 is 2.74 bits per heavy atom. The van der Waals surface area contributed by atoms with Crippen LogP contribution in [0.1, 0.15) is 64.4 Å². The first-order valence-corrected chi connectivity index (χ1v) is 11.6. The maximum atomic E-state index is 13.1. The summed E-state index contributed by atoms with van der Waals surface area (Å²) in [5.74, 6) is 1.33. The molecule has 1 aromatic heterocycles. The molecular weight excluding hydrogens is 386 g/mol. The van der Waals surface area contributed by atoms with Gasteiger partial charge >= 0.3 is 0 Å². The Morgan fingerprint density at radius 2 is 2.03 bits per heavy atom. The number of benzene rings is 1. The fourth-order valence-corrected chi connectivity index (χ4v) is 5.60. The summed E-state index contributed by atoms with van der Waals surface area (Å²) in [6.45, 7) is 6.06. The minimum Gasteiger partial charge on any atom is -0.404 e. The largest absolute Gasteiger partial charge is 0.404 e. The fraction of sp³-hybridized carbons (Fsp3) is 0.560. The lowest BCUT2D eigenvalue weighted by Crippen LogP contribution is -2.43. The SMILES string of the molecule is CC1(C)CC(Cn2ncc3cc(/C(C=[NH2+])=C/N)ccc32)CN1C(=O)CC1CCCCC1. The predicted molar refractivity (Wildman–Crippen MR) is 125 cm³/mol. The highest BCUT2D eigenvalue weighted by Gasteiger charge is 2.41. The minimum atomic E-state index is -0.0929. The number of amides is 1. The van der Waals surface area contributed by atoms with E-state index in [-0.39, 0.29) is 5.54 Å². The van der Waals surface area contributed by atoms with Crippen LogP contribution in [0.15, 0.2) is 30.6 Å². The second-order valence-electron chi connectivity index (χ2n) is 9.98. The van der Waals surface area contributed by atoms with Crippen molar-refractivity contribution in [1.29, 1.82) is 0 Å². The third-order valence-corrected chi connectivity index (χ3v) is 7.21. The van der Waals surface area contributed by atoms with Crippen LogP contribution in [0.2, 0.25) is 0 Å². The standard InChI is InChI=1S/C25H35N5O/c1-25(2)12-19(16-29(25)24(31)10-18-6-4-3-5-7-18)17-30-23-9-8-20(22(13-26)14-27)11-21(23)15-28-30/h8-9,11,13-15,18-19,26H,3-7,10,12,16-17,27H2,1-2H3/p+1/b22-14+,26-13?. The number of aromatic nitrogens is 2. The van der Waals surface area contributed by atoms with Crippen molar-refractivity contribution in [2.24, 2.45) is 17.6 Å². The first-order chi connectivity index (χ1) is 14.9. The lowest BCUT2D eigenvalue weighted by atomic mass is 9.86. The number of rotatable bonds is 6. The van der Waals surface area contributed by atoms with Gasteiger partial charge in [-0.05, 0) is 62.6 Å². The van der Waals surface area contributed by atoms with Gasteiger partial charge in [-0.15, -0.1) is 0 Å². The van der Waals surface area contributed by atoms with Crippen molar-refractivity contribution in [3.8, 4) is 0 Å². The van der Waals surface area contributed by atoms with E-state index in [0.29, 0.717) is 17.7 Å². The van der Waals surface area contributed by atoms with Crippen molar-refractivity contribution in [2.45, 2.75) is 70.9 Å². The normalized spacial score (nSPS) is 22.2. The van der Waals surface area contributed by atoms with E-state index in [9.17, 15) is 4.79 Å². The number of nitrogens with two attached hydrogens (primary N) is 2. The maximum Gasteiger partial charge on any atom is 0.223 e. The Bertz CT molecular complexity index is 983. The fourth-order valence-electron chi connectivity index (χ4n) is 5.60. The van der Waals surface area contributed by atoms with Crippen LogP contribution in [0.4, 0.5) is 0 Å². The summed E-state index contributed by atoms with van der Waals surface area (Å²) in [5.41, 5.74) is 8.46. The molecule has 2 heterocycles. The summed E-state index contributed by atoms with van der Waals surface area (Å²) in [4.78, 5) is 15.3. The number of hydrogen-bond donors (Lipinski definition) is 2. The van der Waals surface area contributed by atoms with Crippen LogP contribution >= 0.6 is 0 Å². The molecule has 1 aliphatic carbocycles. The Kier molecular flexibility index (Phi) is 6.17. The van der Waals surface area contributed by atoms with Gasteiger partial charge in [-0.1, -0.05) is 25.3 Å². The molecular formula is C25H36N5O+. The minimum absolute atomic E-state index is 0.0929. The predicted octanol–water partition coefficient (Wildman–Crippen LogP) is 2.76. The topological polar surface area (TPSA) is 89.7 Å². The van der Waals surface area contributed by atoms with Crippen molar-refractivity contribution >= 4 is 28.6 Å². The Labute approximate surface area is 185 Å². The van der Waals surface area contributed by atoms with Crippen LogP contribution in [0.5, 0.6) is 0 Å². The van der Waals surface area contributed by atoms with Gasteiger partial charge < -0.3 is 10.6 Å². The third-order valence-electron chi connectivity index (χ3n) is 7.21. The van der Waals surface area contributed by atoms with Gasteiger partial charge in [-0.25, -0.2) is 0 Å². The molecule has 1 unspecified atom stereocenters. The van der Waals surface area contributed by atoms with Gasteiger partial charge in [0.2, 0.25) is 5.91 Å². The number of allylic oxidation sites excluding steroid dienone is 1. The quantitative estimate of drug-likeness (QED) is 0.702. The van der Waals surface area contributed by atoms with E-state index in [0.717, 1.165) is 48.0 Å². The van der Waals surface area contributed by atoms with Crippen LogP contribution in [-0.4, -0.2) is 38.9 Å². The molecule has 1 atom stereocenters. The highest BCUT2D eigenvalue weighted by molar-refractivity contribution is 6.07. The highest BCUT2D eigenvalue weighted by atomic mass is 16.2. The third kappa shape index (κ3) is 4.53. The lowest BCUT2D eigenvalue weighted by Gasteiger charge is -2.33. The van der Waals surface area contributed by atoms with E-state index in [2.05, 4.69) is 40.7 Å². The molecule has 2 aromatic rings. The highest BCUT2D eigenvalue weighted by Crippen LogP contribution is 2.36. The molecule has 6 nitrogen and oxygen atoms in total. The molecule has 1 saturated heterocycles. The number of likely N-dealkylation sites (tertiary alicyclic amines) is 1. The van der Waals surface area contributed by atoms with Gasteiger partial charge in [0, 0.05) is 36.6 Å². The van der Waals surface area contributed by atoms with Crippen LogP contribution in [0, 0.1) is 11.8 Å². The van der Waals surface area contributed by atoms with Crippen molar-refractivity contribution in [1.82, 2.24) is 14.7 Å². The molecule has 166 valence electrons. The van der Waals surface area contributed by atoms with Crippen molar-refractivity contribution < 1.29 is 10.2 Å². The van der Waals surface area contributed by atoms with E-state index in [4.69, 9.17) is 11.1 Å². The molecule has 4 N–H and O–H groups in total. The van der Waals surface area contributed by atoms with Gasteiger partial charge in [0.05, 0.1) is 17.3 Å². The molecule has 0 radical (unpaired) electrons. The van der Waals surface area contributed by atoms with E-state index >= 15 is 0 Å². The average Bonchev–Trinajstić information content (AvgIpc) is 3.29. The van der Waals surface area contributed by atoms with Crippen LogP contribution in [-0.2, 0) is 11.3 Å². The Balaban J connectivity index is 1.45. The Morgan fingerprint density at radius 1 is 1.26 bits per heavy atom. The van der Waals surface area contributed by atoms with E-state index in [1.54, 1.807) is 0 Å². The molecule has 1 saturated carbocycles. The Hall–Kier alpha value is -2.63. The van der Waals surface area contributed by atoms with Gasteiger partial charge in [0.1, 0.15) is 0 Å². The van der Waals surface area contributed by atoms with Crippen LogP contribution in [0.3, 0.4) is 0 Å². The monoisotopic (exact) mass is 422 g/mol. The number of carbonyl (C=O) groups is 1. The zero-order valence-electron chi connectivity index (χ0n) is 18.9. The second-order valence-corrected chi connectivity index (χ2v) is 9.98. The molecule has 1 aromatic carbocycles. The number of nitrogens with zero attached hydrogens (tertiary/aromatic N) is 3. The summed E-state index contributed by atoms with van der Waals surface area (Å²) in [6.07, 6.45) is 13.0. The second kappa shape index (κ2) is 8.85. The summed E-state index contributed by atoms with van der Waals surface area (Å²) in [6, 6.07) is 6.18. The van der Waals surface area contributed by atoms with E-state index < -0.39 is 0 Å². The van der Waals surface area contributed by atoms with Crippen molar-refractivity contribution in [2.75, 3.05) is 6.54 Å². The molecule has 4 rings (SSSR count). The maximum absolute atomic E-state index is 13.1. The van der Waals surface area contributed by atoms with Crippen molar-refractivity contribution in [3.05, 3.63) is 36.2 Å². The molecule has 0 spiro atoms. The lowest BCUT2D eigenvalue weighted by molar-refractivity contribution is -0.135. The summed E-state index contributed by atoms with van der Waals surface area (Å²) in [5, 5.41) is 11.4. The summed E-state index contributed by atoms with van der Waals surface area (Å²) < 4.78 is 2.08. The summed E-state index contributed by atoms with van der Waals surface area (Å²) in [7, 11) is 0. The molecule has 6 heteroatoms. The number of carbonyl (C=O) groups excluding carboxylic acids is 1. The molecule has 2 aliphatic rings. The summed E-state index contributed by atoms with van der Waals surface area (Å²) >= 11 is 0. The van der Waals surface area contributed by atoms with Gasteiger partial charge in [-0.3, -0.25) is 14.9 Å². The molecule has 0 bridgehead atoms. The molecule has 31 heavy (non-hydrogen) atoms. The molecule has 2 fully saturated rings. The smallest absolute Gasteiger partial charge is 0.223 e. The van der Waals surface area contributed by atoms with E-state index in [1.807, 2.05) is 12.3 Å². The average molecular weight is 423 g/mol. The zero-order valence-corrected chi connectivity index (χ0v) is 18.9. The van der Waals surface area contributed by atoms with Gasteiger partial charge in [0.25, 0.3) is 0 Å². The first kappa shape index (κ1) is 21.6. The first-order valence-electron chi connectivity index (χ1n) is 11.6. The number of fused-ring (bicyclic) bond motifs is 1. The molecule has 1 amide bonds. The van der Waals surface area contributed by atoms with Crippen molar-refractivity contribution in [3.63, 3.8) is 0 Å².